The Morgan fingerprint density at radius 3 is 2.83 bits per heavy atom. The third-order valence-corrected chi connectivity index (χ3v) is 6.96. The van der Waals surface area contributed by atoms with Crippen molar-refractivity contribution in [1.82, 2.24) is 25.1 Å². The highest BCUT2D eigenvalue weighted by molar-refractivity contribution is 9.10. The summed E-state index contributed by atoms with van der Waals surface area (Å²) in [4.78, 5) is 21.0. The van der Waals surface area contributed by atoms with Crippen LogP contribution in [0.25, 0.3) is 0 Å². The molecule has 158 valence electrons. The van der Waals surface area contributed by atoms with Crippen LogP contribution < -0.4 is 21.7 Å². The first-order chi connectivity index (χ1) is 14.6. The molecule has 3 heterocycles. The van der Waals surface area contributed by atoms with Gasteiger partial charge in [-0.1, -0.05) is 12.2 Å². The minimum absolute atomic E-state index is 0.0563. The molecule has 2 aromatic heterocycles. The van der Waals surface area contributed by atoms with Crippen molar-refractivity contribution in [1.29, 1.82) is 0 Å². The van der Waals surface area contributed by atoms with E-state index in [1.807, 2.05) is 10.9 Å². The minimum atomic E-state index is -0.266. The first-order valence-electron chi connectivity index (χ1n) is 10.4. The van der Waals surface area contributed by atoms with Crippen LogP contribution in [0, 0.1) is 17.8 Å². The number of halogens is 1. The summed E-state index contributed by atoms with van der Waals surface area (Å²) in [6.45, 7) is 2.03. The molecule has 4 atom stereocenters. The molecule has 5 N–H and O–H groups in total. The number of fused-ring (bicyclic) bond motifs is 2. The summed E-state index contributed by atoms with van der Waals surface area (Å²) in [6, 6.07) is 0.362. The zero-order chi connectivity index (χ0) is 20.7. The Morgan fingerprint density at radius 1 is 1.23 bits per heavy atom. The molecule has 2 aliphatic carbocycles. The molecule has 2 bridgehead atoms. The molecule has 9 nitrogen and oxygen atoms in total. The monoisotopic (exact) mass is 472 g/mol. The van der Waals surface area contributed by atoms with Crippen molar-refractivity contribution in [2.24, 2.45) is 23.5 Å². The fourth-order valence-corrected chi connectivity index (χ4v) is 5.20. The number of primary amides is 1. The molecular weight excluding hydrogens is 448 g/mol. The lowest BCUT2D eigenvalue weighted by Gasteiger charge is -2.27. The Labute approximate surface area is 183 Å². The number of rotatable bonds is 6. The number of carbonyl (C=O) groups is 1. The number of carbonyl (C=O) groups excluding carboxylic acids is 1. The maximum absolute atomic E-state index is 12.0. The highest BCUT2D eigenvalue weighted by Crippen LogP contribution is 2.45. The number of hydrogen-bond donors (Lipinski definition) is 4. The maximum atomic E-state index is 12.0. The predicted octanol–water partition coefficient (Wildman–Crippen LogP) is 2.19. The Hall–Kier alpha value is -2.46. The number of aromatic nitrogens is 4. The lowest BCUT2D eigenvalue weighted by molar-refractivity contribution is -0.122. The van der Waals surface area contributed by atoms with Crippen LogP contribution in [-0.4, -0.2) is 44.8 Å². The van der Waals surface area contributed by atoms with E-state index in [1.165, 1.54) is 0 Å². The number of hydrogen-bond acceptors (Lipinski definition) is 7. The van der Waals surface area contributed by atoms with Crippen molar-refractivity contribution >= 4 is 39.3 Å². The van der Waals surface area contributed by atoms with E-state index in [0.29, 0.717) is 17.8 Å². The highest BCUT2D eigenvalue weighted by atomic mass is 79.9. The second-order valence-electron chi connectivity index (χ2n) is 8.25. The molecule has 0 aromatic carbocycles. The minimum Gasteiger partial charge on any atom is -0.369 e. The standard InChI is InChI=1S/C20H25BrN8O/c21-15-9-24-20(26-13-8-25-29(10-13)14-3-5-23-6-4-14)28-19(15)27-17-12-2-1-11(7-12)16(17)18(22)30/h1-2,8-12,14,16-17,23H,3-7H2,(H2,22,30)(H2,24,26,27,28)/t11-,12+,16+,17-/m1/s1. The second-order valence-corrected chi connectivity index (χ2v) is 9.11. The van der Waals surface area contributed by atoms with Crippen LogP contribution in [0.1, 0.15) is 25.3 Å². The maximum Gasteiger partial charge on any atom is 0.229 e. The summed E-state index contributed by atoms with van der Waals surface area (Å²) >= 11 is 3.52. The molecular formula is C20H25BrN8O. The van der Waals surface area contributed by atoms with E-state index in [4.69, 9.17) is 5.73 Å². The highest BCUT2D eigenvalue weighted by Gasteiger charge is 2.47. The molecule has 3 aliphatic rings. The normalized spacial score (nSPS) is 28.0. The Balaban J connectivity index is 1.31. The predicted molar refractivity (Wildman–Crippen MR) is 117 cm³/mol. The van der Waals surface area contributed by atoms with Crippen molar-refractivity contribution < 1.29 is 4.79 Å². The van der Waals surface area contributed by atoms with Crippen molar-refractivity contribution in [3.63, 3.8) is 0 Å². The van der Waals surface area contributed by atoms with E-state index in [-0.39, 0.29) is 29.7 Å². The van der Waals surface area contributed by atoms with E-state index in [2.05, 4.69) is 59.1 Å². The van der Waals surface area contributed by atoms with Crippen molar-refractivity contribution in [2.45, 2.75) is 31.3 Å². The molecule has 0 spiro atoms. The molecule has 5 rings (SSSR count). The molecule has 10 heteroatoms. The Bertz CT molecular complexity index is 969. The molecule has 30 heavy (non-hydrogen) atoms. The lowest BCUT2D eigenvalue weighted by atomic mass is 9.88. The third-order valence-electron chi connectivity index (χ3n) is 6.38. The quantitative estimate of drug-likeness (QED) is 0.475. The van der Waals surface area contributed by atoms with Gasteiger partial charge in [0, 0.05) is 18.4 Å². The number of nitrogens with one attached hydrogen (secondary N) is 3. The SMILES string of the molecule is NC(=O)[C@@H]1[C@H](Nc2nc(Nc3cnn(C4CCNCC4)c3)ncc2Br)[C@H]2C=C[C@@H]1C2. The zero-order valence-corrected chi connectivity index (χ0v) is 18.0. The van der Waals surface area contributed by atoms with E-state index < -0.39 is 0 Å². The van der Waals surface area contributed by atoms with Gasteiger partial charge in [0.2, 0.25) is 11.9 Å². The van der Waals surface area contributed by atoms with E-state index >= 15 is 0 Å². The third kappa shape index (κ3) is 3.69. The van der Waals surface area contributed by atoms with Crippen LogP contribution in [0.4, 0.5) is 17.5 Å². The van der Waals surface area contributed by atoms with Gasteiger partial charge in [-0.15, -0.1) is 0 Å². The van der Waals surface area contributed by atoms with Gasteiger partial charge in [-0.3, -0.25) is 9.48 Å². The molecule has 0 unspecified atom stereocenters. The Morgan fingerprint density at radius 2 is 2.03 bits per heavy atom. The molecule has 2 aromatic rings. The van der Waals surface area contributed by atoms with Crippen LogP contribution in [0.15, 0.2) is 35.2 Å². The van der Waals surface area contributed by atoms with Gasteiger partial charge in [-0.2, -0.15) is 10.1 Å². The molecule has 1 saturated carbocycles. The topological polar surface area (TPSA) is 123 Å². The smallest absolute Gasteiger partial charge is 0.229 e. The van der Waals surface area contributed by atoms with Crippen LogP contribution >= 0.6 is 15.9 Å². The first kappa shape index (κ1) is 19.5. The number of amides is 1. The molecule has 2 fully saturated rings. The van der Waals surface area contributed by atoms with Gasteiger partial charge in [0.25, 0.3) is 0 Å². The van der Waals surface area contributed by atoms with Crippen LogP contribution in [0.5, 0.6) is 0 Å². The Kier molecular flexibility index (Phi) is 5.20. The van der Waals surface area contributed by atoms with E-state index in [1.54, 1.807) is 12.4 Å². The number of anilines is 3. The van der Waals surface area contributed by atoms with Gasteiger partial charge in [0.05, 0.1) is 28.3 Å². The number of piperidine rings is 1. The zero-order valence-electron chi connectivity index (χ0n) is 16.5. The summed E-state index contributed by atoms with van der Waals surface area (Å²) in [7, 11) is 0. The molecule has 1 amide bonds. The van der Waals surface area contributed by atoms with Gasteiger partial charge in [0.15, 0.2) is 0 Å². The van der Waals surface area contributed by atoms with Gasteiger partial charge in [-0.25, -0.2) is 4.98 Å². The van der Waals surface area contributed by atoms with Crippen molar-refractivity contribution in [3.8, 4) is 0 Å². The van der Waals surface area contributed by atoms with Crippen LogP contribution in [0.3, 0.4) is 0 Å². The fourth-order valence-electron chi connectivity index (χ4n) is 4.90. The largest absolute Gasteiger partial charge is 0.369 e. The molecule has 1 aliphatic heterocycles. The van der Waals surface area contributed by atoms with Crippen LogP contribution in [0.2, 0.25) is 0 Å². The first-order valence-corrected chi connectivity index (χ1v) is 11.2. The molecule has 1 saturated heterocycles. The summed E-state index contributed by atoms with van der Waals surface area (Å²) in [5, 5.41) is 14.5. The average molecular weight is 473 g/mol. The lowest BCUT2D eigenvalue weighted by Crippen LogP contribution is -2.41. The number of nitrogens with two attached hydrogens (primary N) is 1. The van der Waals surface area contributed by atoms with Gasteiger partial charge >= 0.3 is 0 Å². The van der Waals surface area contributed by atoms with E-state index in [0.717, 1.165) is 42.5 Å². The summed E-state index contributed by atoms with van der Waals surface area (Å²) in [5.41, 5.74) is 6.53. The van der Waals surface area contributed by atoms with Crippen molar-refractivity contribution in [2.75, 3.05) is 23.7 Å². The van der Waals surface area contributed by atoms with Gasteiger partial charge < -0.3 is 21.7 Å². The van der Waals surface area contributed by atoms with Gasteiger partial charge in [-0.05, 0) is 60.1 Å². The number of allylic oxidation sites excluding steroid dienone is 1. The van der Waals surface area contributed by atoms with E-state index in [9.17, 15) is 4.79 Å². The second kappa shape index (κ2) is 7.99. The van der Waals surface area contributed by atoms with Gasteiger partial charge in [0.1, 0.15) is 5.82 Å². The van der Waals surface area contributed by atoms with Crippen LogP contribution in [-0.2, 0) is 4.79 Å². The summed E-state index contributed by atoms with van der Waals surface area (Å²) < 4.78 is 2.76. The average Bonchev–Trinajstić information content (AvgIpc) is 3.47. The number of nitrogens with zero attached hydrogens (tertiary/aromatic N) is 4. The molecule has 0 radical (unpaired) electrons. The van der Waals surface area contributed by atoms with Crippen molar-refractivity contribution in [3.05, 3.63) is 35.2 Å². The fraction of sp³-hybridized carbons (Fsp3) is 0.500. The summed E-state index contributed by atoms with van der Waals surface area (Å²) in [6.07, 6.45) is 12.9. The summed E-state index contributed by atoms with van der Waals surface area (Å²) in [5.74, 6) is 1.13.